The van der Waals surface area contributed by atoms with Gasteiger partial charge >= 0.3 is 5.69 Å². The molecule has 2 aromatic heterocycles. The second-order valence-corrected chi connectivity index (χ2v) is 5.46. The smallest absolute Gasteiger partial charge is 0.307 e. The number of pyridine rings is 1. The maximum atomic E-state index is 12.1. The largest absolute Gasteiger partial charge is 0.455 e. The Morgan fingerprint density at radius 3 is 2.54 bits per heavy atom. The number of ether oxygens (including phenoxy) is 1. The van der Waals surface area contributed by atoms with E-state index < -0.39 is 15.8 Å². The Morgan fingerprint density at radius 2 is 1.89 bits per heavy atom. The summed E-state index contributed by atoms with van der Waals surface area (Å²) < 4.78 is 6.61. The Hall–Kier alpha value is -4.35. The summed E-state index contributed by atoms with van der Waals surface area (Å²) in [6.45, 7) is -0.310. The molecule has 0 unspecified atom stereocenters. The predicted molar refractivity (Wildman–Crippen MR) is 94.9 cm³/mol. The summed E-state index contributed by atoms with van der Waals surface area (Å²) in [5.41, 5.74) is -0.415. The van der Waals surface area contributed by atoms with Crippen molar-refractivity contribution >= 4 is 23.0 Å². The molecule has 0 radical (unpaired) electrons. The summed E-state index contributed by atoms with van der Waals surface area (Å²) in [7, 11) is 0. The van der Waals surface area contributed by atoms with E-state index in [4.69, 9.17) is 4.74 Å². The summed E-state index contributed by atoms with van der Waals surface area (Å²) in [6, 6.07) is 7.04. The molecule has 3 aromatic rings. The quantitative estimate of drug-likeness (QED) is 0.481. The summed E-state index contributed by atoms with van der Waals surface area (Å²) in [5.74, 6) is -0.0813. The fourth-order valence-corrected chi connectivity index (χ4v) is 2.24. The Kier molecular flexibility index (Phi) is 5.21. The Labute approximate surface area is 156 Å². The molecule has 0 saturated heterocycles. The molecule has 0 spiro atoms. The fraction of sp³-hybridized carbons (Fsp3) is 0.0625. The normalized spacial score (nSPS) is 10.3. The zero-order valence-electron chi connectivity index (χ0n) is 14.1. The van der Waals surface area contributed by atoms with Crippen LogP contribution >= 0.6 is 0 Å². The predicted octanol–water partition coefficient (Wildman–Crippen LogP) is 2.53. The van der Waals surface area contributed by atoms with Crippen LogP contribution in [-0.4, -0.2) is 30.5 Å². The molecule has 12 heteroatoms. The molecule has 3 rings (SSSR count). The average Bonchev–Trinajstić information content (AvgIpc) is 3.11. The second kappa shape index (κ2) is 7.90. The minimum atomic E-state index is -0.635. The molecule has 28 heavy (non-hydrogen) atoms. The number of hydrogen-bond donors (Lipinski definition) is 1. The van der Waals surface area contributed by atoms with Gasteiger partial charge in [-0.3, -0.25) is 34.7 Å². The van der Waals surface area contributed by atoms with E-state index in [-0.39, 0.29) is 29.4 Å². The highest BCUT2D eigenvalue weighted by atomic mass is 16.6. The fourth-order valence-electron chi connectivity index (χ4n) is 2.24. The van der Waals surface area contributed by atoms with Crippen molar-refractivity contribution in [3.8, 4) is 11.5 Å². The molecule has 0 aliphatic carbocycles. The molecule has 1 aromatic carbocycles. The van der Waals surface area contributed by atoms with Gasteiger partial charge in [-0.25, -0.2) is 0 Å². The van der Waals surface area contributed by atoms with E-state index in [2.05, 4.69) is 15.4 Å². The molecule has 2 heterocycles. The van der Waals surface area contributed by atoms with Gasteiger partial charge in [0.05, 0.1) is 27.8 Å². The lowest BCUT2D eigenvalue weighted by Gasteiger charge is -2.09. The molecule has 0 atom stereocenters. The van der Waals surface area contributed by atoms with Crippen molar-refractivity contribution in [1.29, 1.82) is 0 Å². The Bertz CT molecular complexity index is 1040. The minimum absolute atomic E-state index is 0.125. The van der Waals surface area contributed by atoms with Crippen LogP contribution in [0.4, 0.5) is 17.1 Å². The zero-order chi connectivity index (χ0) is 20.1. The van der Waals surface area contributed by atoms with Crippen molar-refractivity contribution in [3.05, 3.63) is 75.3 Å². The number of carbonyl (C=O) groups is 1. The number of aromatic nitrogens is 3. The average molecular weight is 384 g/mol. The molecule has 0 bridgehead atoms. The molecule has 1 amide bonds. The lowest BCUT2D eigenvalue weighted by Crippen LogP contribution is -2.19. The lowest BCUT2D eigenvalue weighted by atomic mass is 10.2. The maximum Gasteiger partial charge on any atom is 0.307 e. The number of nitrogens with zero attached hydrogens (tertiary/aromatic N) is 5. The highest BCUT2D eigenvalue weighted by Crippen LogP contribution is 2.29. The van der Waals surface area contributed by atoms with Crippen molar-refractivity contribution in [2.24, 2.45) is 0 Å². The first-order chi connectivity index (χ1) is 13.4. The van der Waals surface area contributed by atoms with E-state index in [0.717, 1.165) is 17.1 Å². The van der Waals surface area contributed by atoms with E-state index in [1.807, 2.05) is 0 Å². The topological polar surface area (TPSA) is 155 Å². The van der Waals surface area contributed by atoms with E-state index in [1.54, 1.807) is 18.3 Å². The number of hydrogen-bond acceptors (Lipinski definition) is 8. The van der Waals surface area contributed by atoms with Crippen molar-refractivity contribution in [2.75, 3.05) is 5.32 Å². The van der Waals surface area contributed by atoms with Crippen LogP contribution in [0.2, 0.25) is 0 Å². The first kappa shape index (κ1) is 18.4. The van der Waals surface area contributed by atoms with Crippen LogP contribution in [0.15, 0.2) is 55.1 Å². The molecule has 12 nitrogen and oxygen atoms in total. The first-order valence-electron chi connectivity index (χ1n) is 7.75. The van der Waals surface area contributed by atoms with Crippen LogP contribution < -0.4 is 10.1 Å². The van der Waals surface area contributed by atoms with Gasteiger partial charge in [-0.2, -0.15) is 5.10 Å². The Morgan fingerprint density at radius 1 is 1.11 bits per heavy atom. The van der Waals surface area contributed by atoms with Gasteiger partial charge in [-0.1, -0.05) is 0 Å². The van der Waals surface area contributed by atoms with Gasteiger partial charge in [0, 0.05) is 18.3 Å². The maximum absolute atomic E-state index is 12.1. The highest BCUT2D eigenvalue weighted by molar-refractivity contribution is 5.91. The monoisotopic (exact) mass is 384 g/mol. The van der Waals surface area contributed by atoms with Crippen molar-refractivity contribution in [3.63, 3.8) is 0 Å². The standard InChI is InChI=1S/C16H12N6O6/c23-16(10-20-9-13(7-18-20)22(26)27)19-11-4-12(21(24)25)6-15(5-11)28-14-2-1-3-17-8-14/h1-9H,10H2,(H,19,23). The van der Waals surface area contributed by atoms with Gasteiger partial charge in [-0.15, -0.1) is 0 Å². The van der Waals surface area contributed by atoms with E-state index in [1.165, 1.54) is 24.4 Å². The number of anilines is 1. The van der Waals surface area contributed by atoms with Gasteiger partial charge in [0.2, 0.25) is 5.91 Å². The van der Waals surface area contributed by atoms with Gasteiger partial charge in [0.15, 0.2) is 0 Å². The summed E-state index contributed by atoms with van der Waals surface area (Å²) in [5, 5.41) is 28.0. The molecular formula is C16H12N6O6. The van der Waals surface area contributed by atoms with Gasteiger partial charge in [-0.05, 0) is 12.1 Å². The lowest BCUT2D eigenvalue weighted by molar-refractivity contribution is -0.385. The molecule has 0 fully saturated rings. The number of nitrogens with one attached hydrogen (secondary N) is 1. The number of benzene rings is 1. The Balaban J connectivity index is 1.76. The summed E-state index contributed by atoms with van der Waals surface area (Å²) in [4.78, 5) is 36.6. The molecule has 1 N–H and O–H groups in total. The summed E-state index contributed by atoms with van der Waals surface area (Å²) >= 11 is 0. The van der Waals surface area contributed by atoms with Crippen molar-refractivity contribution in [2.45, 2.75) is 6.54 Å². The third-order valence-corrected chi connectivity index (χ3v) is 3.39. The molecule has 0 aliphatic rings. The zero-order valence-corrected chi connectivity index (χ0v) is 14.1. The first-order valence-corrected chi connectivity index (χ1v) is 7.75. The number of nitro benzene ring substituents is 1. The SMILES string of the molecule is O=C(Cn1cc([N+](=O)[O-])cn1)Nc1cc(Oc2cccnc2)cc([N+](=O)[O-])c1. The van der Waals surface area contributed by atoms with Crippen LogP contribution in [0, 0.1) is 20.2 Å². The number of non-ortho nitro benzene ring substituents is 1. The number of nitro groups is 2. The third kappa shape index (κ3) is 4.63. The van der Waals surface area contributed by atoms with Crippen LogP contribution in [-0.2, 0) is 11.3 Å². The van der Waals surface area contributed by atoms with Crippen molar-refractivity contribution < 1.29 is 19.4 Å². The summed E-state index contributed by atoms with van der Waals surface area (Å²) in [6.07, 6.45) is 5.09. The van der Waals surface area contributed by atoms with Crippen LogP contribution in [0.5, 0.6) is 11.5 Å². The molecule has 0 saturated carbocycles. The van der Waals surface area contributed by atoms with Crippen LogP contribution in [0.1, 0.15) is 0 Å². The van der Waals surface area contributed by atoms with Gasteiger partial charge in [0.25, 0.3) is 5.69 Å². The van der Waals surface area contributed by atoms with Crippen molar-refractivity contribution in [1.82, 2.24) is 14.8 Å². The van der Waals surface area contributed by atoms with Gasteiger partial charge < -0.3 is 10.1 Å². The number of carbonyl (C=O) groups excluding carboxylic acids is 1. The highest BCUT2D eigenvalue weighted by Gasteiger charge is 2.15. The van der Waals surface area contributed by atoms with E-state index >= 15 is 0 Å². The molecule has 0 aliphatic heterocycles. The van der Waals surface area contributed by atoms with Crippen LogP contribution in [0.25, 0.3) is 0 Å². The van der Waals surface area contributed by atoms with E-state index in [0.29, 0.717) is 5.75 Å². The minimum Gasteiger partial charge on any atom is -0.455 e. The molecular weight excluding hydrogens is 372 g/mol. The van der Waals surface area contributed by atoms with Gasteiger partial charge in [0.1, 0.15) is 30.4 Å². The molecule has 142 valence electrons. The third-order valence-electron chi connectivity index (χ3n) is 3.39. The number of amides is 1. The second-order valence-electron chi connectivity index (χ2n) is 5.46. The van der Waals surface area contributed by atoms with Crippen LogP contribution in [0.3, 0.4) is 0 Å². The number of rotatable bonds is 7. The van der Waals surface area contributed by atoms with E-state index in [9.17, 15) is 25.0 Å².